The van der Waals surface area contributed by atoms with Gasteiger partial charge in [0, 0.05) is 29.9 Å². The molecule has 196 valence electrons. The molecule has 37 heavy (non-hydrogen) atoms. The van der Waals surface area contributed by atoms with E-state index in [1.165, 1.54) is 0 Å². The Hall–Kier alpha value is -3.78. The molecule has 4 rings (SSSR count). The van der Waals surface area contributed by atoms with Gasteiger partial charge < -0.3 is 24.3 Å². The number of ether oxygens (including phenoxy) is 4. The molecule has 0 bridgehead atoms. The minimum Gasteiger partial charge on any atom is -0.496 e. The van der Waals surface area contributed by atoms with Crippen molar-refractivity contribution in [2.45, 2.75) is 32.4 Å². The fourth-order valence-electron chi connectivity index (χ4n) is 4.89. The molecule has 0 spiro atoms. The molecule has 1 unspecified atom stereocenters. The van der Waals surface area contributed by atoms with Crippen LogP contribution in [0, 0.1) is 0 Å². The van der Waals surface area contributed by atoms with E-state index in [2.05, 4.69) is 15.2 Å². The summed E-state index contributed by atoms with van der Waals surface area (Å²) in [6.45, 7) is 3.93. The second-order valence-corrected chi connectivity index (χ2v) is 8.82. The van der Waals surface area contributed by atoms with Crippen molar-refractivity contribution in [3.63, 3.8) is 0 Å². The highest BCUT2D eigenvalue weighted by atomic mass is 16.5. The van der Waals surface area contributed by atoms with Gasteiger partial charge in [0.05, 0.1) is 46.7 Å². The number of nitrogens with zero attached hydrogens (tertiary/aromatic N) is 2. The van der Waals surface area contributed by atoms with E-state index in [1.807, 2.05) is 55.5 Å². The highest BCUT2D eigenvalue weighted by molar-refractivity contribution is 5.78. The van der Waals surface area contributed by atoms with Crippen LogP contribution in [0.2, 0.25) is 0 Å². The number of hydrogen-bond donors (Lipinski definition) is 1. The Morgan fingerprint density at radius 3 is 2.46 bits per heavy atom. The minimum absolute atomic E-state index is 0.0497. The lowest BCUT2D eigenvalue weighted by Crippen LogP contribution is -2.43. The molecule has 1 aliphatic rings. The average Bonchev–Trinajstić information content (AvgIpc) is 2.93. The fourth-order valence-corrected chi connectivity index (χ4v) is 4.89. The highest BCUT2D eigenvalue weighted by Gasteiger charge is 2.33. The number of amides is 1. The van der Waals surface area contributed by atoms with Crippen LogP contribution in [0.25, 0.3) is 0 Å². The largest absolute Gasteiger partial charge is 0.496 e. The van der Waals surface area contributed by atoms with E-state index in [0.717, 1.165) is 46.8 Å². The van der Waals surface area contributed by atoms with Gasteiger partial charge in [0.2, 0.25) is 5.91 Å². The number of pyridine rings is 1. The molecule has 2 aromatic carbocycles. The van der Waals surface area contributed by atoms with Gasteiger partial charge in [0.25, 0.3) is 0 Å². The van der Waals surface area contributed by atoms with Crippen LogP contribution in [-0.4, -0.2) is 56.8 Å². The monoisotopic (exact) mass is 505 g/mol. The molecule has 0 saturated heterocycles. The summed E-state index contributed by atoms with van der Waals surface area (Å²) in [5, 5.41) is 3.01. The number of nitrogens with one attached hydrogen (secondary N) is 1. The van der Waals surface area contributed by atoms with Crippen LogP contribution in [0.5, 0.6) is 23.0 Å². The van der Waals surface area contributed by atoms with Crippen molar-refractivity contribution >= 4 is 5.91 Å². The number of rotatable bonds is 11. The second kappa shape index (κ2) is 12.5. The number of hydrogen-bond acceptors (Lipinski definition) is 7. The molecule has 3 aromatic rings. The van der Waals surface area contributed by atoms with E-state index in [1.54, 1.807) is 27.5 Å². The smallest absolute Gasteiger partial charge is 0.234 e. The Labute approximate surface area is 218 Å². The maximum Gasteiger partial charge on any atom is 0.234 e. The molecule has 8 heteroatoms. The first kappa shape index (κ1) is 26.3. The maximum atomic E-state index is 13.0. The van der Waals surface area contributed by atoms with Crippen LogP contribution in [0.4, 0.5) is 0 Å². The van der Waals surface area contributed by atoms with E-state index in [-0.39, 0.29) is 18.5 Å². The van der Waals surface area contributed by atoms with Gasteiger partial charge in [-0.1, -0.05) is 12.1 Å². The predicted molar refractivity (Wildman–Crippen MR) is 142 cm³/mol. The van der Waals surface area contributed by atoms with Gasteiger partial charge in [-0.2, -0.15) is 0 Å². The van der Waals surface area contributed by atoms with Crippen molar-refractivity contribution in [3.05, 3.63) is 77.1 Å². The Kier molecular flexibility index (Phi) is 8.85. The number of carbonyl (C=O) groups excluding carboxylic acids is 1. The Bertz CT molecular complexity index is 1200. The van der Waals surface area contributed by atoms with Crippen LogP contribution in [0.1, 0.15) is 35.3 Å². The Balaban J connectivity index is 1.65. The molecule has 2 heterocycles. The summed E-state index contributed by atoms with van der Waals surface area (Å²) in [4.78, 5) is 19.5. The molecular formula is C29H35N3O5. The summed E-state index contributed by atoms with van der Waals surface area (Å²) in [7, 11) is 4.94. The third kappa shape index (κ3) is 6.14. The lowest BCUT2D eigenvalue weighted by atomic mass is 9.87. The lowest BCUT2D eigenvalue weighted by molar-refractivity contribution is -0.123. The van der Waals surface area contributed by atoms with Crippen LogP contribution in [0.3, 0.4) is 0 Å². The van der Waals surface area contributed by atoms with E-state index in [4.69, 9.17) is 18.9 Å². The minimum atomic E-state index is -0.0993. The molecule has 1 N–H and O–H groups in total. The predicted octanol–water partition coefficient (Wildman–Crippen LogP) is 3.96. The lowest BCUT2D eigenvalue weighted by Gasteiger charge is -2.38. The van der Waals surface area contributed by atoms with Gasteiger partial charge in [-0.3, -0.25) is 14.7 Å². The standard InChI is InChI=1S/C29H35N3O5/c1-5-37-24-11-12-26(35-3)29-22(24)13-15-32(19-28(33)31-18-21-8-6-7-14-30-21)23(29)16-20-9-10-25(34-2)27(17-20)36-4/h6-12,14,17,23H,5,13,15-16,18-19H2,1-4H3,(H,31,33). The molecular weight excluding hydrogens is 470 g/mol. The van der Waals surface area contributed by atoms with Crippen molar-refractivity contribution in [2.24, 2.45) is 0 Å². The van der Waals surface area contributed by atoms with Gasteiger partial charge in [-0.05, 0) is 61.7 Å². The molecule has 1 amide bonds. The van der Waals surface area contributed by atoms with E-state index in [0.29, 0.717) is 31.1 Å². The zero-order chi connectivity index (χ0) is 26.2. The first-order valence-corrected chi connectivity index (χ1v) is 12.5. The van der Waals surface area contributed by atoms with E-state index in [9.17, 15) is 4.79 Å². The van der Waals surface area contributed by atoms with Crippen molar-refractivity contribution in [3.8, 4) is 23.0 Å². The normalized spacial score (nSPS) is 15.0. The summed E-state index contributed by atoms with van der Waals surface area (Å²) < 4.78 is 22.8. The van der Waals surface area contributed by atoms with Gasteiger partial charge in [-0.15, -0.1) is 0 Å². The molecule has 0 aliphatic carbocycles. The van der Waals surface area contributed by atoms with Gasteiger partial charge in [0.15, 0.2) is 11.5 Å². The molecule has 0 saturated carbocycles. The Morgan fingerprint density at radius 2 is 1.76 bits per heavy atom. The van der Waals surface area contributed by atoms with Crippen molar-refractivity contribution in [1.82, 2.24) is 15.2 Å². The van der Waals surface area contributed by atoms with Crippen LogP contribution in [0.15, 0.2) is 54.7 Å². The van der Waals surface area contributed by atoms with Crippen molar-refractivity contribution < 1.29 is 23.7 Å². The Morgan fingerprint density at radius 1 is 1.00 bits per heavy atom. The van der Waals surface area contributed by atoms with Crippen LogP contribution in [-0.2, 0) is 24.2 Å². The maximum absolute atomic E-state index is 13.0. The first-order valence-electron chi connectivity index (χ1n) is 12.5. The number of fused-ring (bicyclic) bond motifs is 1. The molecule has 8 nitrogen and oxygen atoms in total. The second-order valence-electron chi connectivity index (χ2n) is 8.82. The third-order valence-electron chi connectivity index (χ3n) is 6.63. The van der Waals surface area contributed by atoms with Gasteiger partial charge in [-0.25, -0.2) is 0 Å². The fraction of sp³-hybridized carbons (Fsp3) is 0.379. The number of benzene rings is 2. The van der Waals surface area contributed by atoms with Crippen molar-refractivity contribution in [2.75, 3.05) is 41.0 Å². The quantitative estimate of drug-likeness (QED) is 0.422. The number of carbonyl (C=O) groups is 1. The third-order valence-corrected chi connectivity index (χ3v) is 6.63. The molecule has 0 fully saturated rings. The molecule has 1 aromatic heterocycles. The summed E-state index contributed by atoms with van der Waals surface area (Å²) in [6, 6.07) is 15.4. The van der Waals surface area contributed by atoms with Crippen molar-refractivity contribution in [1.29, 1.82) is 0 Å². The van der Waals surface area contributed by atoms with E-state index < -0.39 is 0 Å². The van der Waals surface area contributed by atoms with Crippen LogP contribution < -0.4 is 24.3 Å². The zero-order valence-corrected chi connectivity index (χ0v) is 22.0. The molecule has 1 atom stereocenters. The van der Waals surface area contributed by atoms with Crippen LogP contribution >= 0.6 is 0 Å². The molecule has 1 aliphatic heterocycles. The number of aromatic nitrogens is 1. The topological polar surface area (TPSA) is 82.2 Å². The first-order chi connectivity index (χ1) is 18.1. The van der Waals surface area contributed by atoms with Gasteiger partial charge >= 0.3 is 0 Å². The summed E-state index contributed by atoms with van der Waals surface area (Å²) in [5.74, 6) is 2.96. The highest BCUT2D eigenvalue weighted by Crippen LogP contribution is 2.43. The number of methoxy groups -OCH3 is 3. The summed E-state index contributed by atoms with van der Waals surface area (Å²) in [5.41, 5.74) is 4.09. The SMILES string of the molecule is CCOc1ccc(OC)c2c1CCN(CC(=O)NCc1ccccn1)C2Cc1ccc(OC)c(OC)c1. The van der Waals surface area contributed by atoms with E-state index >= 15 is 0 Å². The van der Waals surface area contributed by atoms with Gasteiger partial charge in [0.1, 0.15) is 11.5 Å². The average molecular weight is 506 g/mol. The molecule has 0 radical (unpaired) electrons. The zero-order valence-electron chi connectivity index (χ0n) is 22.0. The summed E-state index contributed by atoms with van der Waals surface area (Å²) >= 11 is 0. The summed E-state index contributed by atoms with van der Waals surface area (Å²) in [6.07, 6.45) is 3.15.